The number of hydrogen-bond donors (Lipinski definition) is 0. The average molecular weight is 437 g/mol. The third-order valence-corrected chi connectivity index (χ3v) is 7.98. The van der Waals surface area contributed by atoms with Crippen molar-refractivity contribution in [3.63, 3.8) is 0 Å². The minimum absolute atomic E-state index is 0.0116. The largest absolute Gasteiger partial charge is 0.336 e. The highest BCUT2D eigenvalue weighted by atomic mass is 32.2. The molecular weight excluding hydrogens is 412 g/mol. The summed E-state index contributed by atoms with van der Waals surface area (Å²) in [4.78, 5) is 26.5. The molecule has 31 heavy (non-hydrogen) atoms. The van der Waals surface area contributed by atoms with Crippen molar-refractivity contribution in [2.75, 3.05) is 37.7 Å². The van der Waals surface area contributed by atoms with Crippen LogP contribution in [0, 0.1) is 0 Å². The van der Waals surface area contributed by atoms with Gasteiger partial charge in [0.25, 0.3) is 5.91 Å². The predicted molar refractivity (Wildman–Crippen MR) is 120 cm³/mol. The van der Waals surface area contributed by atoms with Gasteiger partial charge < -0.3 is 4.90 Å². The number of piperazine rings is 1. The van der Waals surface area contributed by atoms with E-state index >= 15 is 0 Å². The molecule has 7 nitrogen and oxygen atoms in total. The highest BCUT2D eigenvalue weighted by molar-refractivity contribution is 7.91. The van der Waals surface area contributed by atoms with Gasteiger partial charge in [-0.2, -0.15) is 0 Å². The lowest BCUT2D eigenvalue weighted by Crippen LogP contribution is -2.52. The summed E-state index contributed by atoms with van der Waals surface area (Å²) >= 11 is 0. The van der Waals surface area contributed by atoms with Crippen molar-refractivity contribution in [2.45, 2.75) is 12.5 Å². The van der Waals surface area contributed by atoms with Crippen LogP contribution < -0.4 is 0 Å². The van der Waals surface area contributed by atoms with E-state index in [2.05, 4.69) is 9.88 Å². The number of carbonyl (C=O) groups excluding carboxylic acids is 1. The van der Waals surface area contributed by atoms with E-state index in [4.69, 9.17) is 4.98 Å². The number of aromatic nitrogens is 2. The van der Waals surface area contributed by atoms with Gasteiger partial charge in [0.05, 0.1) is 28.3 Å². The van der Waals surface area contributed by atoms with E-state index in [1.165, 1.54) is 0 Å². The van der Waals surface area contributed by atoms with E-state index in [0.29, 0.717) is 38.2 Å². The Bertz CT molecular complexity index is 1220. The van der Waals surface area contributed by atoms with Gasteiger partial charge in [-0.15, -0.1) is 0 Å². The molecule has 0 bridgehead atoms. The third kappa shape index (κ3) is 4.05. The van der Waals surface area contributed by atoms with Crippen LogP contribution in [-0.2, 0) is 9.84 Å². The lowest BCUT2D eigenvalue weighted by Gasteiger charge is -2.37. The second-order valence-electron chi connectivity index (χ2n) is 8.20. The van der Waals surface area contributed by atoms with Crippen molar-refractivity contribution in [1.29, 1.82) is 0 Å². The van der Waals surface area contributed by atoms with Crippen molar-refractivity contribution < 1.29 is 13.2 Å². The van der Waals surface area contributed by atoms with Crippen LogP contribution in [0.5, 0.6) is 0 Å². The maximum absolute atomic E-state index is 13.5. The molecule has 0 saturated carbocycles. The molecule has 160 valence electrons. The van der Waals surface area contributed by atoms with E-state index in [0.717, 1.165) is 22.2 Å². The first kappa shape index (κ1) is 20.1. The van der Waals surface area contributed by atoms with Gasteiger partial charge in [-0.25, -0.2) is 13.4 Å². The molecule has 8 heteroatoms. The molecule has 5 rings (SSSR count). The van der Waals surface area contributed by atoms with Crippen molar-refractivity contribution in [2.24, 2.45) is 0 Å². The van der Waals surface area contributed by atoms with E-state index in [1.807, 2.05) is 47.4 Å². The van der Waals surface area contributed by atoms with Gasteiger partial charge in [-0.3, -0.25) is 14.7 Å². The lowest BCUT2D eigenvalue weighted by molar-refractivity contribution is 0.0589. The van der Waals surface area contributed by atoms with Gasteiger partial charge in [-0.1, -0.05) is 18.2 Å². The van der Waals surface area contributed by atoms with E-state index in [-0.39, 0.29) is 23.5 Å². The van der Waals surface area contributed by atoms with E-state index in [1.54, 1.807) is 12.4 Å². The fourth-order valence-electron chi connectivity index (χ4n) is 4.54. The minimum atomic E-state index is -2.91. The van der Waals surface area contributed by atoms with Crippen molar-refractivity contribution in [3.05, 3.63) is 60.4 Å². The van der Waals surface area contributed by atoms with Crippen LogP contribution in [0.4, 0.5) is 0 Å². The Morgan fingerprint density at radius 3 is 2.55 bits per heavy atom. The number of nitrogens with zero attached hydrogens (tertiary/aromatic N) is 4. The van der Waals surface area contributed by atoms with Crippen molar-refractivity contribution in [3.8, 4) is 11.3 Å². The quantitative estimate of drug-likeness (QED) is 0.626. The Balaban J connectivity index is 1.40. The number of rotatable bonds is 3. The number of pyridine rings is 2. The Labute approximate surface area is 181 Å². The Morgan fingerprint density at radius 2 is 1.84 bits per heavy atom. The highest BCUT2D eigenvalue weighted by Crippen LogP contribution is 2.26. The second-order valence-corrected chi connectivity index (χ2v) is 10.4. The molecule has 0 aliphatic carbocycles. The van der Waals surface area contributed by atoms with Gasteiger partial charge in [0.1, 0.15) is 0 Å². The molecule has 4 heterocycles. The highest BCUT2D eigenvalue weighted by Gasteiger charge is 2.34. The molecular formula is C23H24N4O3S. The number of carbonyl (C=O) groups is 1. The number of benzene rings is 1. The zero-order valence-corrected chi connectivity index (χ0v) is 18.0. The van der Waals surface area contributed by atoms with Crippen LogP contribution in [0.1, 0.15) is 16.8 Å². The van der Waals surface area contributed by atoms with Gasteiger partial charge >= 0.3 is 0 Å². The summed E-state index contributed by atoms with van der Waals surface area (Å²) in [5.74, 6) is 0.504. The van der Waals surface area contributed by atoms with Crippen LogP contribution in [0.3, 0.4) is 0 Å². The zero-order chi connectivity index (χ0) is 21.4. The molecule has 2 fully saturated rings. The number of sulfone groups is 1. The molecule has 2 aliphatic heterocycles. The first-order valence-corrected chi connectivity index (χ1v) is 12.4. The van der Waals surface area contributed by atoms with E-state index in [9.17, 15) is 13.2 Å². The minimum Gasteiger partial charge on any atom is -0.336 e. The average Bonchev–Trinajstić information content (AvgIpc) is 3.18. The summed E-state index contributed by atoms with van der Waals surface area (Å²) < 4.78 is 23.6. The van der Waals surface area contributed by atoms with Gasteiger partial charge in [0.2, 0.25) is 0 Å². The molecule has 0 spiro atoms. The van der Waals surface area contributed by atoms with Crippen LogP contribution in [-0.4, -0.2) is 77.8 Å². The molecule has 0 radical (unpaired) electrons. The summed E-state index contributed by atoms with van der Waals surface area (Å²) in [5, 5.41) is 0.837. The molecule has 3 aromatic rings. The van der Waals surface area contributed by atoms with Gasteiger partial charge in [-0.05, 0) is 30.7 Å². The second kappa shape index (κ2) is 8.01. The summed E-state index contributed by atoms with van der Waals surface area (Å²) in [6.45, 7) is 2.58. The van der Waals surface area contributed by atoms with Gasteiger partial charge in [0.15, 0.2) is 9.84 Å². The SMILES string of the molecule is O=C(c1cc(-c2cccnc2)nc2ccccc12)N1CCN([C@@H]2CCS(=O)(=O)C2)CC1. The van der Waals surface area contributed by atoms with Crippen LogP contribution in [0.25, 0.3) is 22.2 Å². The number of hydrogen-bond acceptors (Lipinski definition) is 6. The summed E-state index contributed by atoms with van der Waals surface area (Å²) in [5.41, 5.74) is 3.02. The first-order valence-electron chi connectivity index (χ1n) is 10.5. The number of amides is 1. The Kier molecular flexibility index (Phi) is 5.19. The summed E-state index contributed by atoms with van der Waals surface area (Å²) in [7, 11) is -2.91. The smallest absolute Gasteiger partial charge is 0.254 e. The van der Waals surface area contributed by atoms with Crippen LogP contribution >= 0.6 is 0 Å². The Morgan fingerprint density at radius 1 is 1.03 bits per heavy atom. The zero-order valence-electron chi connectivity index (χ0n) is 17.1. The normalized spacial score (nSPS) is 21.4. The molecule has 1 aromatic carbocycles. The molecule has 0 N–H and O–H groups in total. The maximum atomic E-state index is 13.5. The molecule has 2 saturated heterocycles. The van der Waals surface area contributed by atoms with Gasteiger partial charge in [0, 0.05) is 55.6 Å². The monoisotopic (exact) mass is 436 g/mol. The molecule has 2 aromatic heterocycles. The topological polar surface area (TPSA) is 83.5 Å². The number of fused-ring (bicyclic) bond motifs is 1. The number of para-hydroxylation sites is 1. The lowest BCUT2D eigenvalue weighted by atomic mass is 10.0. The molecule has 1 atom stereocenters. The standard InChI is InChI=1S/C23H24N4O3S/c28-23(27-11-9-26(10-12-27)18-7-13-31(29,30)16-18)20-14-22(17-4-3-8-24-15-17)25-21-6-2-1-5-19(20)21/h1-6,8,14-15,18H,7,9-13,16H2/t18-/m1/s1. The molecule has 1 amide bonds. The van der Waals surface area contributed by atoms with Crippen LogP contribution in [0.15, 0.2) is 54.9 Å². The maximum Gasteiger partial charge on any atom is 0.254 e. The summed E-state index contributed by atoms with van der Waals surface area (Å²) in [6, 6.07) is 13.4. The predicted octanol–water partition coefficient (Wildman–Crippen LogP) is 2.24. The first-order chi connectivity index (χ1) is 15.0. The van der Waals surface area contributed by atoms with Crippen molar-refractivity contribution in [1.82, 2.24) is 19.8 Å². The fourth-order valence-corrected chi connectivity index (χ4v) is 6.30. The third-order valence-electron chi connectivity index (χ3n) is 6.23. The van der Waals surface area contributed by atoms with E-state index < -0.39 is 9.84 Å². The molecule has 0 unspecified atom stereocenters. The Hall–Kier alpha value is -2.84. The summed E-state index contributed by atoms with van der Waals surface area (Å²) in [6.07, 6.45) is 4.16. The van der Waals surface area contributed by atoms with Crippen molar-refractivity contribution >= 4 is 26.6 Å². The molecule has 2 aliphatic rings. The van der Waals surface area contributed by atoms with Crippen LogP contribution in [0.2, 0.25) is 0 Å². The fraction of sp³-hybridized carbons (Fsp3) is 0.348.